The fourth-order valence-corrected chi connectivity index (χ4v) is 2.01. The number of aromatic nitrogens is 1. The van der Waals surface area contributed by atoms with Gasteiger partial charge in [-0.1, -0.05) is 29.8 Å². The molecule has 3 N–H and O–H groups in total. The van der Waals surface area contributed by atoms with Crippen LogP contribution in [-0.2, 0) is 0 Å². The number of hydrogen-bond acceptors (Lipinski definition) is 3. The van der Waals surface area contributed by atoms with Crippen molar-refractivity contribution in [1.29, 1.82) is 0 Å². The number of halogens is 1. The molecule has 1 aromatic carbocycles. The van der Waals surface area contributed by atoms with Crippen LogP contribution in [0.1, 0.15) is 29.0 Å². The highest BCUT2D eigenvalue weighted by Crippen LogP contribution is 2.22. The minimum Gasteiger partial charge on any atom is -0.397 e. The Balaban J connectivity index is 2.11. The zero-order valence-electron chi connectivity index (χ0n) is 10.4. The molecule has 0 aliphatic heterocycles. The summed E-state index contributed by atoms with van der Waals surface area (Å²) in [5, 5.41) is 3.47. The molecule has 0 radical (unpaired) electrons. The van der Waals surface area contributed by atoms with Gasteiger partial charge < -0.3 is 11.1 Å². The monoisotopic (exact) mass is 275 g/mol. The van der Waals surface area contributed by atoms with Crippen molar-refractivity contribution in [2.75, 3.05) is 5.73 Å². The number of carbonyl (C=O) groups is 1. The standard InChI is InChI=1S/C14H14ClN3O/c1-9(11-4-2-3-5-12(11)15)18-14(19)13-7-6-10(16)8-17-13/h2-9H,16H2,1H3,(H,18,19)/t9-/m0/s1. The number of nitrogens with one attached hydrogen (secondary N) is 1. The van der Waals surface area contributed by atoms with Crippen molar-refractivity contribution >= 4 is 23.2 Å². The number of rotatable bonds is 3. The molecule has 0 unspecified atom stereocenters. The minimum atomic E-state index is -0.257. The normalized spacial score (nSPS) is 11.9. The van der Waals surface area contributed by atoms with Crippen LogP contribution in [0.15, 0.2) is 42.6 Å². The zero-order chi connectivity index (χ0) is 13.8. The number of nitrogens with zero attached hydrogens (tertiary/aromatic N) is 1. The number of carbonyl (C=O) groups excluding carboxylic acids is 1. The molecule has 4 nitrogen and oxygen atoms in total. The lowest BCUT2D eigenvalue weighted by molar-refractivity contribution is 0.0935. The lowest BCUT2D eigenvalue weighted by Gasteiger charge is -2.15. The van der Waals surface area contributed by atoms with Gasteiger partial charge in [0.2, 0.25) is 0 Å². The predicted molar refractivity (Wildman–Crippen MR) is 76.0 cm³/mol. The van der Waals surface area contributed by atoms with Crippen molar-refractivity contribution in [3.63, 3.8) is 0 Å². The molecule has 0 saturated carbocycles. The molecule has 0 saturated heterocycles. The fraction of sp³-hybridized carbons (Fsp3) is 0.143. The van der Waals surface area contributed by atoms with Crippen LogP contribution >= 0.6 is 11.6 Å². The smallest absolute Gasteiger partial charge is 0.270 e. The van der Waals surface area contributed by atoms with Gasteiger partial charge in [-0.3, -0.25) is 4.79 Å². The van der Waals surface area contributed by atoms with Crippen molar-refractivity contribution in [1.82, 2.24) is 10.3 Å². The topological polar surface area (TPSA) is 68.0 Å². The first-order chi connectivity index (χ1) is 9.08. The first-order valence-corrected chi connectivity index (χ1v) is 6.22. The molecule has 98 valence electrons. The van der Waals surface area contributed by atoms with Gasteiger partial charge in [-0.15, -0.1) is 0 Å². The second kappa shape index (κ2) is 5.71. The molecule has 0 bridgehead atoms. The summed E-state index contributed by atoms with van der Waals surface area (Å²) in [5.74, 6) is -0.257. The summed E-state index contributed by atoms with van der Waals surface area (Å²) in [6.07, 6.45) is 1.45. The second-order valence-corrected chi connectivity index (χ2v) is 4.60. The largest absolute Gasteiger partial charge is 0.397 e. The van der Waals surface area contributed by atoms with Gasteiger partial charge >= 0.3 is 0 Å². The summed E-state index contributed by atoms with van der Waals surface area (Å²) < 4.78 is 0. The van der Waals surface area contributed by atoms with Gasteiger partial charge in [0.15, 0.2) is 0 Å². The molecular weight excluding hydrogens is 262 g/mol. The Labute approximate surface area is 116 Å². The number of benzene rings is 1. The van der Waals surface area contributed by atoms with E-state index in [1.54, 1.807) is 18.2 Å². The molecule has 0 spiro atoms. The van der Waals surface area contributed by atoms with Crippen LogP contribution in [-0.4, -0.2) is 10.9 Å². The second-order valence-electron chi connectivity index (χ2n) is 4.19. The molecule has 5 heteroatoms. The number of nitrogen functional groups attached to an aromatic ring is 1. The number of amides is 1. The van der Waals surface area contributed by atoms with Crippen LogP contribution < -0.4 is 11.1 Å². The molecule has 1 amide bonds. The van der Waals surface area contributed by atoms with Crippen molar-refractivity contribution < 1.29 is 4.79 Å². The molecule has 19 heavy (non-hydrogen) atoms. The van der Waals surface area contributed by atoms with E-state index in [1.807, 2.05) is 25.1 Å². The Hall–Kier alpha value is -2.07. The van der Waals surface area contributed by atoms with Gasteiger partial charge in [-0.2, -0.15) is 0 Å². The molecular formula is C14H14ClN3O. The van der Waals surface area contributed by atoms with Gasteiger partial charge in [0.05, 0.1) is 17.9 Å². The Morgan fingerprint density at radius 1 is 1.32 bits per heavy atom. The average molecular weight is 276 g/mol. The highest BCUT2D eigenvalue weighted by Gasteiger charge is 2.14. The van der Waals surface area contributed by atoms with E-state index in [2.05, 4.69) is 10.3 Å². The van der Waals surface area contributed by atoms with E-state index in [0.717, 1.165) is 5.56 Å². The summed E-state index contributed by atoms with van der Waals surface area (Å²) in [4.78, 5) is 16.0. The van der Waals surface area contributed by atoms with E-state index < -0.39 is 0 Å². The molecule has 1 aromatic heterocycles. The van der Waals surface area contributed by atoms with Crippen molar-refractivity contribution in [3.05, 3.63) is 58.9 Å². The van der Waals surface area contributed by atoms with Crippen LogP contribution in [0.25, 0.3) is 0 Å². The van der Waals surface area contributed by atoms with Crippen LogP contribution in [0.4, 0.5) is 5.69 Å². The summed E-state index contributed by atoms with van der Waals surface area (Å²) in [6.45, 7) is 1.87. The third-order valence-electron chi connectivity index (χ3n) is 2.74. The maximum atomic E-state index is 12.0. The van der Waals surface area contributed by atoms with Gasteiger partial charge in [-0.25, -0.2) is 4.98 Å². The number of hydrogen-bond donors (Lipinski definition) is 2. The lowest BCUT2D eigenvalue weighted by atomic mass is 10.1. The Morgan fingerprint density at radius 3 is 2.68 bits per heavy atom. The summed E-state index contributed by atoms with van der Waals surface area (Å²) >= 11 is 6.09. The maximum Gasteiger partial charge on any atom is 0.270 e. The summed E-state index contributed by atoms with van der Waals surface area (Å²) in [6, 6.07) is 10.4. The molecule has 0 aliphatic carbocycles. The van der Waals surface area contributed by atoms with Crippen LogP contribution in [0.3, 0.4) is 0 Å². The SMILES string of the molecule is C[C@H](NC(=O)c1ccc(N)cn1)c1ccccc1Cl. The van der Waals surface area contributed by atoms with Crippen LogP contribution in [0.2, 0.25) is 5.02 Å². The van der Waals surface area contributed by atoms with Gasteiger partial charge in [0.1, 0.15) is 5.69 Å². The van der Waals surface area contributed by atoms with Gasteiger partial charge in [-0.05, 0) is 30.7 Å². The predicted octanol–water partition coefficient (Wildman–Crippen LogP) is 2.81. The van der Waals surface area contributed by atoms with Crippen molar-refractivity contribution in [2.45, 2.75) is 13.0 Å². The number of pyridine rings is 1. The highest BCUT2D eigenvalue weighted by atomic mass is 35.5. The molecule has 0 fully saturated rings. The lowest BCUT2D eigenvalue weighted by Crippen LogP contribution is -2.27. The number of nitrogens with two attached hydrogens (primary N) is 1. The quantitative estimate of drug-likeness (QED) is 0.905. The van der Waals surface area contributed by atoms with Gasteiger partial charge in [0, 0.05) is 5.02 Å². The molecule has 1 atom stereocenters. The van der Waals surface area contributed by atoms with Crippen LogP contribution in [0, 0.1) is 0 Å². The van der Waals surface area contributed by atoms with E-state index >= 15 is 0 Å². The van der Waals surface area contributed by atoms with E-state index in [0.29, 0.717) is 16.4 Å². The fourth-order valence-electron chi connectivity index (χ4n) is 1.71. The third-order valence-corrected chi connectivity index (χ3v) is 3.08. The molecule has 2 aromatic rings. The van der Waals surface area contributed by atoms with E-state index in [-0.39, 0.29) is 11.9 Å². The van der Waals surface area contributed by atoms with Crippen molar-refractivity contribution in [2.24, 2.45) is 0 Å². The zero-order valence-corrected chi connectivity index (χ0v) is 11.2. The average Bonchev–Trinajstić information content (AvgIpc) is 2.39. The van der Waals surface area contributed by atoms with Crippen molar-refractivity contribution in [3.8, 4) is 0 Å². The molecule has 0 aliphatic rings. The first-order valence-electron chi connectivity index (χ1n) is 5.84. The van der Waals surface area contributed by atoms with Gasteiger partial charge in [0.25, 0.3) is 5.91 Å². The van der Waals surface area contributed by atoms with E-state index in [9.17, 15) is 4.79 Å². The van der Waals surface area contributed by atoms with E-state index in [4.69, 9.17) is 17.3 Å². The molecule has 2 rings (SSSR count). The molecule has 1 heterocycles. The van der Waals surface area contributed by atoms with Crippen LogP contribution in [0.5, 0.6) is 0 Å². The Bertz CT molecular complexity index is 583. The summed E-state index contributed by atoms with van der Waals surface area (Å²) in [7, 11) is 0. The Kier molecular flexibility index (Phi) is 4.02. The summed E-state index contributed by atoms with van der Waals surface area (Å²) in [5.41, 5.74) is 7.25. The van der Waals surface area contributed by atoms with E-state index in [1.165, 1.54) is 6.20 Å². The third kappa shape index (κ3) is 3.23. The Morgan fingerprint density at radius 2 is 2.05 bits per heavy atom. The first kappa shape index (κ1) is 13.4. The number of anilines is 1. The highest BCUT2D eigenvalue weighted by molar-refractivity contribution is 6.31. The maximum absolute atomic E-state index is 12.0. The minimum absolute atomic E-state index is 0.194.